The fraction of sp³-hybridized carbons (Fsp3) is 0.318. The summed E-state index contributed by atoms with van der Waals surface area (Å²) < 4.78 is 53.4. The third kappa shape index (κ3) is 5.52. The van der Waals surface area contributed by atoms with Crippen molar-refractivity contribution in [3.05, 3.63) is 76.7 Å². The second-order valence-electron chi connectivity index (χ2n) is 7.33. The zero-order valence-electron chi connectivity index (χ0n) is 16.6. The Bertz CT molecular complexity index is 1020. The molecule has 3 rings (SSSR count). The van der Waals surface area contributed by atoms with Gasteiger partial charge in [-0.15, -0.1) is 0 Å². The molecule has 1 heterocycles. The van der Waals surface area contributed by atoms with Crippen LogP contribution in [0.25, 0.3) is 6.08 Å². The SMILES string of the molecule is CC(NC(=O)C1CCN(S(=O)(=O)C=Cc2ccccc2)CC1)c1ccc(F)cc1F. The summed E-state index contributed by atoms with van der Waals surface area (Å²) in [5, 5.41) is 3.93. The lowest BCUT2D eigenvalue weighted by Crippen LogP contribution is -2.42. The molecular formula is C22H24F2N2O3S. The number of hydrogen-bond donors (Lipinski definition) is 1. The third-order valence-electron chi connectivity index (χ3n) is 5.20. The third-order valence-corrected chi connectivity index (χ3v) is 6.77. The molecule has 1 aliphatic rings. The minimum Gasteiger partial charge on any atom is -0.349 e. The second-order valence-corrected chi connectivity index (χ2v) is 9.15. The minimum absolute atomic E-state index is 0.204. The fourth-order valence-electron chi connectivity index (χ4n) is 3.45. The van der Waals surface area contributed by atoms with Crippen LogP contribution in [0.3, 0.4) is 0 Å². The normalized spacial score (nSPS) is 17.2. The number of halogens is 2. The van der Waals surface area contributed by atoms with E-state index in [9.17, 15) is 22.0 Å². The molecule has 8 heteroatoms. The van der Waals surface area contributed by atoms with Crippen LogP contribution in [0.1, 0.15) is 36.9 Å². The van der Waals surface area contributed by atoms with Gasteiger partial charge < -0.3 is 5.32 Å². The number of amides is 1. The van der Waals surface area contributed by atoms with Crippen molar-refractivity contribution >= 4 is 22.0 Å². The number of nitrogens with one attached hydrogen (secondary N) is 1. The number of carbonyl (C=O) groups is 1. The van der Waals surface area contributed by atoms with Crippen molar-refractivity contribution in [3.8, 4) is 0 Å². The van der Waals surface area contributed by atoms with Crippen LogP contribution in [-0.2, 0) is 14.8 Å². The van der Waals surface area contributed by atoms with Gasteiger partial charge in [-0.05, 0) is 37.5 Å². The predicted octanol–water partition coefficient (Wildman–Crippen LogP) is 3.85. The Labute approximate surface area is 175 Å². The van der Waals surface area contributed by atoms with Gasteiger partial charge in [-0.1, -0.05) is 36.4 Å². The van der Waals surface area contributed by atoms with E-state index < -0.39 is 27.7 Å². The molecule has 2 aromatic carbocycles. The van der Waals surface area contributed by atoms with Gasteiger partial charge in [-0.3, -0.25) is 4.79 Å². The Balaban J connectivity index is 1.55. The largest absolute Gasteiger partial charge is 0.349 e. The van der Waals surface area contributed by atoms with E-state index in [2.05, 4.69) is 5.32 Å². The monoisotopic (exact) mass is 434 g/mol. The highest BCUT2D eigenvalue weighted by atomic mass is 32.2. The van der Waals surface area contributed by atoms with Gasteiger partial charge in [0.15, 0.2) is 0 Å². The van der Waals surface area contributed by atoms with Gasteiger partial charge in [0.25, 0.3) is 0 Å². The lowest BCUT2D eigenvalue weighted by Gasteiger charge is -2.30. The average Bonchev–Trinajstić information content (AvgIpc) is 2.73. The summed E-state index contributed by atoms with van der Waals surface area (Å²) in [6.07, 6.45) is 2.30. The van der Waals surface area contributed by atoms with Crippen molar-refractivity contribution in [3.63, 3.8) is 0 Å². The van der Waals surface area contributed by atoms with Gasteiger partial charge >= 0.3 is 0 Å². The molecule has 0 aliphatic carbocycles. The molecule has 1 unspecified atom stereocenters. The number of nitrogens with zero attached hydrogens (tertiary/aromatic N) is 1. The molecule has 1 fully saturated rings. The maximum Gasteiger partial charge on any atom is 0.236 e. The van der Waals surface area contributed by atoms with Gasteiger partial charge in [-0.25, -0.2) is 17.2 Å². The molecule has 0 radical (unpaired) electrons. The molecule has 1 aliphatic heterocycles. The maximum atomic E-state index is 13.9. The predicted molar refractivity (Wildman–Crippen MR) is 112 cm³/mol. The fourth-order valence-corrected chi connectivity index (χ4v) is 4.67. The molecule has 0 bridgehead atoms. The summed E-state index contributed by atoms with van der Waals surface area (Å²) in [6.45, 7) is 2.10. The summed E-state index contributed by atoms with van der Waals surface area (Å²) in [7, 11) is -3.57. The van der Waals surface area contributed by atoms with E-state index in [1.807, 2.05) is 30.3 Å². The van der Waals surface area contributed by atoms with Gasteiger partial charge in [0.05, 0.1) is 6.04 Å². The Hall–Kier alpha value is -2.58. The molecule has 0 saturated carbocycles. The smallest absolute Gasteiger partial charge is 0.236 e. The summed E-state index contributed by atoms with van der Waals surface area (Å²) in [6, 6.07) is 11.8. The maximum absolute atomic E-state index is 13.9. The summed E-state index contributed by atoms with van der Waals surface area (Å²) in [5.74, 6) is -2.01. The number of benzene rings is 2. The molecule has 30 heavy (non-hydrogen) atoms. The Morgan fingerprint density at radius 2 is 1.80 bits per heavy atom. The molecular weight excluding hydrogens is 410 g/mol. The summed E-state index contributed by atoms with van der Waals surface area (Å²) in [5.41, 5.74) is 0.994. The topological polar surface area (TPSA) is 66.5 Å². The summed E-state index contributed by atoms with van der Waals surface area (Å²) >= 11 is 0. The molecule has 0 aromatic heterocycles. The van der Waals surface area contributed by atoms with Gasteiger partial charge in [0, 0.05) is 36.0 Å². The Kier molecular flexibility index (Phi) is 6.99. The average molecular weight is 435 g/mol. The van der Waals surface area contributed by atoms with Crippen molar-refractivity contribution in [2.75, 3.05) is 13.1 Å². The minimum atomic E-state index is -3.57. The standard InChI is InChI=1S/C22H24F2N2O3S/c1-16(20-8-7-19(23)15-21(20)24)25-22(27)18-9-12-26(13-10-18)30(28,29)14-11-17-5-3-2-4-6-17/h2-8,11,14-16,18H,9-10,12-13H2,1H3,(H,25,27). The van der Waals surface area contributed by atoms with Crippen LogP contribution in [0.2, 0.25) is 0 Å². The quantitative estimate of drug-likeness (QED) is 0.751. The van der Waals surface area contributed by atoms with Crippen LogP contribution in [0.4, 0.5) is 8.78 Å². The van der Waals surface area contributed by atoms with Gasteiger partial charge in [0.2, 0.25) is 15.9 Å². The zero-order chi connectivity index (χ0) is 21.7. The first-order valence-corrected chi connectivity index (χ1v) is 11.2. The number of rotatable bonds is 6. The zero-order valence-corrected chi connectivity index (χ0v) is 17.4. The van der Waals surface area contributed by atoms with Crippen molar-refractivity contribution in [1.29, 1.82) is 0 Å². The molecule has 0 spiro atoms. The van der Waals surface area contributed by atoms with Crippen LogP contribution in [0.15, 0.2) is 53.9 Å². The highest BCUT2D eigenvalue weighted by Crippen LogP contribution is 2.23. The van der Waals surface area contributed by atoms with E-state index in [1.165, 1.54) is 15.8 Å². The van der Waals surface area contributed by atoms with Crippen molar-refractivity contribution in [2.45, 2.75) is 25.8 Å². The van der Waals surface area contributed by atoms with Crippen molar-refractivity contribution in [2.24, 2.45) is 5.92 Å². The molecule has 160 valence electrons. The van der Waals surface area contributed by atoms with Crippen LogP contribution in [-0.4, -0.2) is 31.7 Å². The number of sulfonamides is 1. The van der Waals surface area contributed by atoms with E-state index in [-0.39, 0.29) is 30.5 Å². The highest BCUT2D eigenvalue weighted by Gasteiger charge is 2.30. The van der Waals surface area contributed by atoms with Crippen LogP contribution < -0.4 is 5.32 Å². The van der Waals surface area contributed by atoms with E-state index in [0.717, 1.165) is 17.7 Å². The molecule has 5 nitrogen and oxygen atoms in total. The number of hydrogen-bond acceptors (Lipinski definition) is 3. The molecule has 1 atom stereocenters. The van der Waals surface area contributed by atoms with E-state index in [1.54, 1.807) is 13.0 Å². The molecule has 2 aromatic rings. The number of piperidine rings is 1. The van der Waals surface area contributed by atoms with Crippen molar-refractivity contribution < 1.29 is 22.0 Å². The highest BCUT2D eigenvalue weighted by molar-refractivity contribution is 7.92. The first kappa shape index (κ1) is 22.1. The summed E-state index contributed by atoms with van der Waals surface area (Å²) in [4.78, 5) is 12.5. The number of carbonyl (C=O) groups excluding carboxylic acids is 1. The van der Waals surface area contributed by atoms with Gasteiger partial charge in [0.1, 0.15) is 11.6 Å². The van der Waals surface area contributed by atoms with Crippen LogP contribution in [0, 0.1) is 17.6 Å². The van der Waals surface area contributed by atoms with E-state index in [4.69, 9.17) is 0 Å². The van der Waals surface area contributed by atoms with Crippen LogP contribution in [0.5, 0.6) is 0 Å². The first-order chi connectivity index (χ1) is 14.3. The van der Waals surface area contributed by atoms with Crippen molar-refractivity contribution in [1.82, 2.24) is 9.62 Å². The second kappa shape index (κ2) is 9.49. The molecule has 1 saturated heterocycles. The molecule has 1 N–H and O–H groups in total. The van der Waals surface area contributed by atoms with E-state index in [0.29, 0.717) is 12.8 Å². The van der Waals surface area contributed by atoms with Crippen LogP contribution >= 0.6 is 0 Å². The molecule has 1 amide bonds. The lowest BCUT2D eigenvalue weighted by atomic mass is 9.96. The van der Waals surface area contributed by atoms with E-state index >= 15 is 0 Å². The lowest BCUT2D eigenvalue weighted by molar-refractivity contribution is -0.126. The first-order valence-electron chi connectivity index (χ1n) is 9.75. The Morgan fingerprint density at radius 1 is 1.13 bits per heavy atom. The van der Waals surface area contributed by atoms with Gasteiger partial charge in [-0.2, -0.15) is 4.31 Å². The Morgan fingerprint density at radius 3 is 2.43 bits per heavy atom.